The molecule has 0 saturated heterocycles. The van der Waals surface area contributed by atoms with E-state index in [4.69, 9.17) is 6.42 Å². The normalized spacial score (nSPS) is 11.7. The molecule has 5 heteroatoms. The minimum atomic E-state index is -1.60. The lowest BCUT2D eigenvalue weighted by Crippen LogP contribution is -2.32. The second-order valence-corrected chi connectivity index (χ2v) is 3.54. The number of hydrogen-bond acceptors (Lipinski definition) is 1. The van der Waals surface area contributed by atoms with Gasteiger partial charge < -0.3 is 5.32 Å². The summed E-state index contributed by atoms with van der Waals surface area (Å²) in [7, 11) is 0. The van der Waals surface area contributed by atoms with Gasteiger partial charge in [0.2, 0.25) is 0 Å². The van der Waals surface area contributed by atoms with E-state index in [1.807, 2.05) is 0 Å². The van der Waals surface area contributed by atoms with Crippen LogP contribution in [0.15, 0.2) is 12.1 Å². The van der Waals surface area contributed by atoms with Gasteiger partial charge in [0.25, 0.3) is 5.91 Å². The maximum absolute atomic E-state index is 12.9. The maximum Gasteiger partial charge on any atom is 0.251 e. The average Bonchev–Trinajstić information content (AvgIpc) is 2.25. The summed E-state index contributed by atoms with van der Waals surface area (Å²) in [5.74, 6) is -2.77. The lowest BCUT2D eigenvalue weighted by Gasteiger charge is -2.11. The summed E-state index contributed by atoms with van der Waals surface area (Å²) in [6.07, 6.45) is 5.33. The van der Waals surface area contributed by atoms with Gasteiger partial charge in [-0.15, -0.1) is 12.3 Å². The SMILES string of the molecule is C#CCC(C)NC(=O)c1cc(F)c(F)c(F)c1. The fourth-order valence-corrected chi connectivity index (χ4v) is 1.22. The van der Waals surface area contributed by atoms with Gasteiger partial charge in [0.1, 0.15) is 0 Å². The minimum absolute atomic E-state index is 0.287. The molecule has 90 valence electrons. The van der Waals surface area contributed by atoms with Crippen molar-refractivity contribution in [2.75, 3.05) is 0 Å². The Bertz CT molecular complexity index is 456. The van der Waals surface area contributed by atoms with Crippen LogP contribution in [-0.2, 0) is 0 Å². The highest BCUT2D eigenvalue weighted by Crippen LogP contribution is 2.13. The molecule has 1 aromatic rings. The molecule has 1 aromatic carbocycles. The van der Waals surface area contributed by atoms with E-state index in [2.05, 4.69) is 11.2 Å². The summed E-state index contributed by atoms with van der Waals surface area (Å²) >= 11 is 0. The molecular formula is C12H10F3NO. The van der Waals surface area contributed by atoms with E-state index in [9.17, 15) is 18.0 Å². The highest BCUT2D eigenvalue weighted by atomic mass is 19.2. The molecule has 0 aromatic heterocycles. The van der Waals surface area contributed by atoms with Crippen molar-refractivity contribution in [2.45, 2.75) is 19.4 Å². The van der Waals surface area contributed by atoms with Gasteiger partial charge in [0, 0.05) is 18.0 Å². The van der Waals surface area contributed by atoms with Crippen molar-refractivity contribution in [1.82, 2.24) is 5.32 Å². The van der Waals surface area contributed by atoms with Crippen LogP contribution in [-0.4, -0.2) is 11.9 Å². The molecule has 0 radical (unpaired) electrons. The Morgan fingerprint density at radius 1 is 1.41 bits per heavy atom. The van der Waals surface area contributed by atoms with Crippen LogP contribution >= 0.6 is 0 Å². The Hall–Kier alpha value is -1.96. The first-order valence-corrected chi connectivity index (χ1v) is 4.84. The molecule has 1 rings (SSSR count). The molecule has 2 nitrogen and oxygen atoms in total. The first-order chi connectivity index (χ1) is 7.95. The fraction of sp³-hybridized carbons (Fsp3) is 0.250. The summed E-state index contributed by atoms with van der Waals surface area (Å²) in [4.78, 5) is 11.5. The van der Waals surface area contributed by atoms with Gasteiger partial charge in [-0.1, -0.05) is 0 Å². The van der Waals surface area contributed by atoms with E-state index in [0.717, 1.165) is 0 Å². The Morgan fingerprint density at radius 2 is 1.94 bits per heavy atom. The Balaban J connectivity index is 2.87. The summed E-state index contributed by atoms with van der Waals surface area (Å²) in [5, 5.41) is 2.43. The summed E-state index contributed by atoms with van der Waals surface area (Å²) in [6, 6.07) is 0.941. The van der Waals surface area contributed by atoms with Gasteiger partial charge in [-0.2, -0.15) is 0 Å². The van der Waals surface area contributed by atoms with Crippen molar-refractivity contribution in [3.8, 4) is 12.3 Å². The van der Waals surface area contributed by atoms with E-state index in [-0.39, 0.29) is 18.0 Å². The van der Waals surface area contributed by atoms with Crippen molar-refractivity contribution in [1.29, 1.82) is 0 Å². The number of hydrogen-bond donors (Lipinski definition) is 1. The number of rotatable bonds is 3. The molecule has 0 heterocycles. The molecule has 1 unspecified atom stereocenters. The predicted octanol–water partition coefficient (Wildman–Crippen LogP) is 2.25. The molecule has 1 amide bonds. The fourth-order valence-electron chi connectivity index (χ4n) is 1.22. The van der Waals surface area contributed by atoms with Crippen LogP contribution in [0.3, 0.4) is 0 Å². The second kappa shape index (κ2) is 5.39. The first kappa shape index (κ1) is 13.1. The van der Waals surface area contributed by atoms with Gasteiger partial charge in [-0.25, -0.2) is 13.2 Å². The third kappa shape index (κ3) is 3.25. The molecule has 0 fully saturated rings. The van der Waals surface area contributed by atoms with E-state index in [1.165, 1.54) is 0 Å². The predicted molar refractivity (Wildman–Crippen MR) is 56.7 cm³/mol. The maximum atomic E-state index is 12.9. The highest BCUT2D eigenvalue weighted by Gasteiger charge is 2.15. The Kier molecular flexibility index (Phi) is 4.16. The largest absolute Gasteiger partial charge is 0.349 e. The third-order valence-electron chi connectivity index (χ3n) is 2.05. The van der Waals surface area contributed by atoms with Crippen LogP contribution in [0.5, 0.6) is 0 Å². The van der Waals surface area contributed by atoms with E-state index < -0.39 is 23.4 Å². The molecule has 1 atom stereocenters. The van der Waals surface area contributed by atoms with Gasteiger partial charge in [-0.3, -0.25) is 4.79 Å². The molecule has 1 N–H and O–H groups in total. The Labute approximate surface area is 96.8 Å². The van der Waals surface area contributed by atoms with Crippen molar-refractivity contribution < 1.29 is 18.0 Å². The van der Waals surface area contributed by atoms with Crippen LogP contribution in [0.25, 0.3) is 0 Å². The Morgan fingerprint density at radius 3 is 2.41 bits per heavy atom. The van der Waals surface area contributed by atoms with E-state index in [1.54, 1.807) is 6.92 Å². The first-order valence-electron chi connectivity index (χ1n) is 4.84. The number of amides is 1. The summed E-state index contributed by atoms with van der Waals surface area (Å²) in [5.41, 5.74) is -0.287. The van der Waals surface area contributed by atoms with Gasteiger partial charge in [0.05, 0.1) is 0 Å². The number of carbonyl (C=O) groups excluding carboxylic acids is 1. The number of benzene rings is 1. The smallest absolute Gasteiger partial charge is 0.251 e. The van der Waals surface area contributed by atoms with Crippen molar-refractivity contribution in [3.05, 3.63) is 35.1 Å². The topological polar surface area (TPSA) is 29.1 Å². The zero-order chi connectivity index (χ0) is 13.0. The molecule has 0 saturated carbocycles. The van der Waals surface area contributed by atoms with Crippen molar-refractivity contribution in [3.63, 3.8) is 0 Å². The average molecular weight is 241 g/mol. The zero-order valence-corrected chi connectivity index (χ0v) is 9.06. The van der Waals surface area contributed by atoms with Crippen LogP contribution in [0.2, 0.25) is 0 Å². The van der Waals surface area contributed by atoms with Crippen LogP contribution in [0.1, 0.15) is 23.7 Å². The van der Waals surface area contributed by atoms with Gasteiger partial charge >= 0.3 is 0 Å². The second-order valence-electron chi connectivity index (χ2n) is 3.54. The van der Waals surface area contributed by atoms with Crippen LogP contribution in [0.4, 0.5) is 13.2 Å². The number of halogens is 3. The molecular weight excluding hydrogens is 231 g/mol. The van der Waals surface area contributed by atoms with Crippen molar-refractivity contribution in [2.24, 2.45) is 0 Å². The number of terminal acetylenes is 1. The lowest BCUT2D eigenvalue weighted by atomic mass is 10.1. The minimum Gasteiger partial charge on any atom is -0.349 e. The van der Waals surface area contributed by atoms with Crippen LogP contribution in [0, 0.1) is 29.8 Å². The van der Waals surface area contributed by atoms with E-state index in [0.29, 0.717) is 12.1 Å². The molecule has 0 aliphatic heterocycles. The van der Waals surface area contributed by atoms with Crippen molar-refractivity contribution >= 4 is 5.91 Å². The van der Waals surface area contributed by atoms with Crippen LogP contribution < -0.4 is 5.32 Å². The van der Waals surface area contributed by atoms with Gasteiger partial charge in [-0.05, 0) is 19.1 Å². The lowest BCUT2D eigenvalue weighted by molar-refractivity contribution is 0.0939. The molecule has 17 heavy (non-hydrogen) atoms. The third-order valence-corrected chi connectivity index (χ3v) is 2.05. The van der Waals surface area contributed by atoms with Gasteiger partial charge in [0.15, 0.2) is 17.5 Å². The monoisotopic (exact) mass is 241 g/mol. The molecule has 0 spiro atoms. The molecule has 0 aliphatic rings. The number of nitrogens with one attached hydrogen (secondary N) is 1. The summed E-state index contributed by atoms with van der Waals surface area (Å²) in [6.45, 7) is 1.65. The highest BCUT2D eigenvalue weighted by molar-refractivity contribution is 5.94. The molecule has 0 aliphatic carbocycles. The molecule has 0 bridgehead atoms. The van der Waals surface area contributed by atoms with E-state index >= 15 is 0 Å². The summed E-state index contributed by atoms with van der Waals surface area (Å²) < 4.78 is 38.4. The zero-order valence-electron chi connectivity index (χ0n) is 9.06. The standard InChI is InChI=1S/C12H10F3NO/c1-3-4-7(2)16-12(17)8-5-9(13)11(15)10(14)6-8/h1,5-7H,4H2,2H3,(H,16,17). The quantitative estimate of drug-likeness (QED) is 0.638. The number of carbonyl (C=O) groups is 1.